The lowest BCUT2D eigenvalue weighted by Gasteiger charge is -2.31. The maximum absolute atomic E-state index is 14.8. The van der Waals surface area contributed by atoms with E-state index in [2.05, 4.69) is 63.5 Å². The number of guanidine groups is 1. The van der Waals surface area contributed by atoms with Gasteiger partial charge in [0.2, 0.25) is 82.7 Å². The minimum absolute atomic E-state index is 0.00919. The fourth-order valence-corrected chi connectivity index (χ4v) is 12.3. The molecular weight excluding hydrogens is 1490 g/mol. The van der Waals surface area contributed by atoms with Crippen molar-refractivity contribution in [1.29, 1.82) is 0 Å². The average Bonchev–Trinajstić information content (AvgIpc) is 1.60. The number of carbonyl (C=O) groups is 15. The van der Waals surface area contributed by atoms with Crippen molar-refractivity contribution in [3.05, 3.63) is 89.5 Å². The molecule has 0 bridgehead atoms. The van der Waals surface area contributed by atoms with E-state index >= 15 is 0 Å². The summed E-state index contributed by atoms with van der Waals surface area (Å²) in [7, 11) is 0. The zero-order valence-electron chi connectivity index (χ0n) is 64.4. The van der Waals surface area contributed by atoms with Crippen molar-refractivity contribution in [3.8, 4) is 17.2 Å². The first-order valence-electron chi connectivity index (χ1n) is 37.4. The normalized spacial score (nSPS) is 15.9. The Balaban J connectivity index is 1.63. The first kappa shape index (κ1) is 94.6. The van der Waals surface area contributed by atoms with Crippen molar-refractivity contribution >= 4 is 94.6 Å². The van der Waals surface area contributed by atoms with Crippen LogP contribution in [-0.2, 0) is 91.2 Å². The minimum atomic E-state index is -1.97. The zero-order valence-corrected chi connectivity index (χ0v) is 64.4. The number of hydrogen-bond donors (Lipinski definition) is 23. The summed E-state index contributed by atoms with van der Waals surface area (Å²) in [4.78, 5) is 213. The molecule has 1 saturated heterocycles. The number of aliphatic carboxylic acids is 1. The number of carboxylic acid groups (broad SMARTS) is 1. The molecule has 29 N–H and O–H groups in total. The fourth-order valence-electron chi connectivity index (χ4n) is 12.3. The monoisotopic (exact) mass is 1600 g/mol. The largest absolute Gasteiger partial charge is 0.508 e. The summed E-state index contributed by atoms with van der Waals surface area (Å²) in [6.07, 6.45) is -5.25. The number of phenols is 3. The molecule has 0 aliphatic carbocycles. The summed E-state index contributed by atoms with van der Waals surface area (Å²) in [5, 5.41) is 88.8. The van der Waals surface area contributed by atoms with E-state index < -0.39 is 199 Å². The molecule has 1 aliphatic heterocycles. The molecule has 14 atom stereocenters. The van der Waals surface area contributed by atoms with E-state index in [4.69, 9.17) is 34.4 Å². The molecular formula is C74H111N19O21. The minimum Gasteiger partial charge on any atom is -0.508 e. The zero-order chi connectivity index (χ0) is 85.1. The van der Waals surface area contributed by atoms with Crippen LogP contribution in [0.5, 0.6) is 17.2 Å². The molecule has 14 amide bonds. The standard InChI is InChI=1S/C74H111N19O21/c1-38(2)32-51(65(106)87-54(35-44-20-26-47(99)27-21-44)67(108)89-55(37-59(101)102)68(109)88-53(34-43-18-24-46(98)25-19-43)66(107)83-48(62(78)103)12-6-8-28-75)86-64(105)49(13-7-9-29-76)84-63(104)50(14-10-30-81-74(79)80)85-70(111)57-15-11-31-93(57)73(114)56(36-58(77)100)90-71(112)60(39(3)94)92-72(113)61(40(4)95)91-69(110)52(82-41(5)96)33-42-16-22-45(97)23-17-42/h16-27,38-40,48-57,60-61,94-95,97-99H,6-15,28-37,75-76H2,1-5H3,(H2,77,100)(H2,78,103)(H,82,96)(H,83,107)(H,84,104)(H,85,111)(H,86,105)(H,87,106)(H,88,109)(H,89,108)(H,90,112)(H,91,110)(H,92,113)(H,101,102)(H4,79,80,81)/t39-,40-,48+,49+,50+,51+,52+,53+,54+,55+,56+,57+,60+,61+/m1/s1. The molecule has 3 aromatic rings. The Morgan fingerprint density at radius 1 is 0.447 bits per heavy atom. The number of nitrogens with two attached hydrogens (primary N) is 6. The SMILES string of the molecule is CC(=O)N[C@@H](Cc1ccc(O)cc1)C(=O)N[C@H](C(=O)N[C@H](C(=O)N[C@@H](CC(N)=O)C(=O)N1CCC[C@H]1C(=O)N[C@@H](CCCN=C(N)N)C(=O)N[C@@H](CCCCN)C(=O)N[C@@H](CC(C)C)C(=O)N[C@@H](Cc1ccc(O)cc1)C(=O)N[C@@H](CC(=O)O)C(=O)N[C@@H](Cc1ccc(O)cc1)C(=O)N[C@@H](CCCCN)C(N)=O)[C@@H](C)O)[C@@H](C)O. The smallest absolute Gasteiger partial charge is 0.305 e. The summed E-state index contributed by atoms with van der Waals surface area (Å²) in [6, 6.07) is -3.05. The second-order valence-corrected chi connectivity index (χ2v) is 28.3. The van der Waals surface area contributed by atoms with Crippen LogP contribution in [-0.4, -0.2) is 241 Å². The lowest BCUT2D eigenvalue weighted by molar-refractivity contribution is -0.144. The molecule has 0 unspecified atom stereocenters. The number of likely N-dealkylation sites (tertiary alicyclic amines) is 1. The number of amides is 14. The third kappa shape index (κ3) is 32.9. The van der Waals surface area contributed by atoms with Crippen LogP contribution >= 0.6 is 0 Å². The molecule has 40 heteroatoms. The van der Waals surface area contributed by atoms with Gasteiger partial charge in [-0.25, -0.2) is 0 Å². The number of rotatable bonds is 49. The van der Waals surface area contributed by atoms with Gasteiger partial charge in [-0.05, 0) is 157 Å². The van der Waals surface area contributed by atoms with Gasteiger partial charge >= 0.3 is 5.97 Å². The van der Waals surface area contributed by atoms with E-state index in [9.17, 15) is 103 Å². The second-order valence-electron chi connectivity index (χ2n) is 28.3. The number of aromatic hydroxyl groups is 3. The quantitative estimate of drug-likeness (QED) is 0.0142. The number of benzene rings is 3. The summed E-state index contributed by atoms with van der Waals surface area (Å²) in [5.41, 5.74) is 35.0. The van der Waals surface area contributed by atoms with Gasteiger partial charge in [-0.15, -0.1) is 0 Å². The van der Waals surface area contributed by atoms with Crippen LogP contribution in [0, 0.1) is 5.92 Å². The van der Waals surface area contributed by atoms with Crippen molar-refractivity contribution < 1.29 is 103 Å². The maximum atomic E-state index is 14.8. The van der Waals surface area contributed by atoms with Crippen LogP contribution in [0.4, 0.5) is 0 Å². The number of carboxylic acids is 1. The van der Waals surface area contributed by atoms with Gasteiger partial charge < -0.3 is 128 Å². The van der Waals surface area contributed by atoms with Gasteiger partial charge in [0, 0.05) is 39.3 Å². The number of hydrogen-bond acceptors (Lipinski definition) is 23. The molecule has 0 saturated carbocycles. The molecule has 0 aromatic heterocycles. The third-order valence-corrected chi connectivity index (χ3v) is 18.2. The summed E-state index contributed by atoms with van der Waals surface area (Å²) in [5.74, 6) is -17.1. The van der Waals surface area contributed by atoms with Gasteiger partial charge in [-0.3, -0.25) is 76.9 Å². The van der Waals surface area contributed by atoms with Crippen molar-refractivity contribution in [2.24, 2.45) is 45.3 Å². The van der Waals surface area contributed by atoms with Crippen molar-refractivity contribution in [2.75, 3.05) is 26.2 Å². The highest BCUT2D eigenvalue weighted by Crippen LogP contribution is 2.22. The van der Waals surface area contributed by atoms with E-state index in [1.807, 2.05) is 0 Å². The Hall–Kier alpha value is -11.8. The van der Waals surface area contributed by atoms with Gasteiger partial charge in [-0.2, -0.15) is 0 Å². The Bertz CT molecular complexity index is 3810. The van der Waals surface area contributed by atoms with Crippen LogP contribution in [0.3, 0.4) is 0 Å². The van der Waals surface area contributed by atoms with Crippen molar-refractivity contribution in [3.63, 3.8) is 0 Å². The van der Waals surface area contributed by atoms with Crippen molar-refractivity contribution in [2.45, 2.75) is 222 Å². The molecule has 3 aromatic carbocycles. The topological polar surface area (TPSA) is 681 Å². The van der Waals surface area contributed by atoms with Crippen LogP contribution < -0.4 is 92.9 Å². The Morgan fingerprint density at radius 3 is 1.25 bits per heavy atom. The second kappa shape index (κ2) is 47.6. The Kier molecular flexibility index (Phi) is 39.5. The molecule has 1 heterocycles. The number of aliphatic hydroxyl groups is 2. The first-order valence-corrected chi connectivity index (χ1v) is 37.4. The summed E-state index contributed by atoms with van der Waals surface area (Å²) >= 11 is 0. The number of nitrogens with one attached hydrogen (secondary N) is 11. The lowest BCUT2D eigenvalue weighted by Crippen LogP contribution is -2.63. The van der Waals surface area contributed by atoms with E-state index in [0.29, 0.717) is 36.0 Å². The van der Waals surface area contributed by atoms with Gasteiger partial charge in [-0.1, -0.05) is 50.2 Å². The van der Waals surface area contributed by atoms with Gasteiger partial charge in [0.25, 0.3) is 0 Å². The molecule has 40 nitrogen and oxygen atoms in total. The molecule has 628 valence electrons. The van der Waals surface area contributed by atoms with Gasteiger partial charge in [0.15, 0.2) is 5.96 Å². The van der Waals surface area contributed by atoms with Gasteiger partial charge in [0.05, 0.1) is 25.0 Å². The predicted octanol–water partition coefficient (Wildman–Crippen LogP) is -5.87. The van der Waals surface area contributed by atoms with Crippen LogP contribution in [0.1, 0.15) is 135 Å². The Labute approximate surface area is 658 Å². The lowest BCUT2D eigenvalue weighted by atomic mass is 9.99. The number of carbonyl (C=O) groups excluding carboxylic acids is 14. The highest BCUT2D eigenvalue weighted by atomic mass is 16.4. The number of aliphatic imine (C=N–C) groups is 1. The number of aliphatic hydroxyl groups excluding tert-OH is 2. The third-order valence-electron chi connectivity index (χ3n) is 18.2. The number of phenolic OH excluding ortho intramolecular Hbond substituents is 3. The van der Waals surface area contributed by atoms with E-state index in [0.717, 1.165) is 25.7 Å². The molecule has 0 radical (unpaired) electrons. The number of primary amides is 2. The highest BCUT2D eigenvalue weighted by Gasteiger charge is 2.43. The van der Waals surface area contributed by atoms with Gasteiger partial charge in [0.1, 0.15) is 89.8 Å². The van der Waals surface area contributed by atoms with Crippen LogP contribution in [0.25, 0.3) is 0 Å². The van der Waals surface area contributed by atoms with E-state index in [1.165, 1.54) is 72.8 Å². The van der Waals surface area contributed by atoms with Crippen molar-refractivity contribution in [1.82, 2.24) is 63.4 Å². The average molecular weight is 1600 g/mol. The molecule has 1 aliphatic rings. The van der Waals surface area contributed by atoms with E-state index in [-0.39, 0.29) is 114 Å². The van der Waals surface area contributed by atoms with E-state index in [1.54, 1.807) is 13.8 Å². The number of nitrogens with zero attached hydrogens (tertiary/aromatic N) is 2. The first-order chi connectivity index (χ1) is 53.8. The Morgan fingerprint density at radius 2 is 0.816 bits per heavy atom. The maximum Gasteiger partial charge on any atom is 0.305 e. The molecule has 4 rings (SSSR count). The predicted molar refractivity (Wildman–Crippen MR) is 411 cm³/mol. The molecule has 0 spiro atoms. The highest BCUT2D eigenvalue weighted by molar-refractivity contribution is 6.01. The number of unbranched alkanes of at least 4 members (excludes halogenated alkanes) is 2. The summed E-state index contributed by atoms with van der Waals surface area (Å²) < 4.78 is 0. The molecule has 114 heavy (non-hydrogen) atoms. The van der Waals surface area contributed by atoms with Crippen LogP contribution in [0.15, 0.2) is 77.8 Å². The van der Waals surface area contributed by atoms with Crippen LogP contribution in [0.2, 0.25) is 0 Å². The fraction of sp³-hybridized carbons (Fsp3) is 0.541. The summed E-state index contributed by atoms with van der Waals surface area (Å²) in [6.45, 7) is 6.86. The molecule has 1 fully saturated rings.